The third kappa shape index (κ3) is 3.10. The third-order valence-electron chi connectivity index (χ3n) is 6.55. The molecule has 2 aliphatic heterocycles. The lowest BCUT2D eigenvalue weighted by molar-refractivity contribution is -0.219. The summed E-state index contributed by atoms with van der Waals surface area (Å²) in [6.07, 6.45) is -6.90. The van der Waals surface area contributed by atoms with Crippen LogP contribution in [0.3, 0.4) is 0 Å². The van der Waals surface area contributed by atoms with Gasteiger partial charge in [0.1, 0.15) is 5.69 Å². The molecule has 2 saturated carbocycles. The van der Waals surface area contributed by atoms with Crippen LogP contribution >= 0.6 is 0 Å². The number of carbonyl (C=O) groups is 2. The molecule has 0 spiro atoms. The molecule has 1 aromatic rings. The predicted octanol–water partition coefficient (Wildman–Crippen LogP) is 3.75. The normalized spacial score (nSPS) is 29.3. The molecule has 32 heavy (non-hydrogen) atoms. The van der Waals surface area contributed by atoms with E-state index in [1.54, 1.807) is 0 Å². The number of hydrogen-bond acceptors (Lipinski definition) is 4. The Morgan fingerprint density at radius 2 is 1.84 bits per heavy atom. The van der Waals surface area contributed by atoms with Crippen LogP contribution in [0.1, 0.15) is 49.3 Å². The molecule has 2 aliphatic carbocycles. The highest BCUT2D eigenvalue weighted by Crippen LogP contribution is 2.66. The Balaban J connectivity index is 1.76. The first kappa shape index (κ1) is 22.8. The summed E-state index contributed by atoms with van der Waals surface area (Å²) in [6, 6.07) is 0.879. The molecule has 2 unspecified atom stereocenters. The Hall–Kier alpha value is -2.34. The van der Waals surface area contributed by atoms with Crippen LogP contribution in [-0.2, 0) is 21.6 Å². The number of aromatic nitrogens is 2. The molecule has 0 aromatic carbocycles. The van der Waals surface area contributed by atoms with Gasteiger partial charge in [-0.15, -0.1) is 0 Å². The maximum Gasteiger partial charge on any atom is 0.471 e. The fraction of sp³-hybridized carbons (Fsp3) is 0.737. The number of alkyl halides is 7. The zero-order chi connectivity index (χ0) is 23.9. The molecule has 4 fully saturated rings. The molecule has 0 N–H and O–H groups in total. The van der Waals surface area contributed by atoms with Crippen molar-refractivity contribution in [2.24, 2.45) is 11.3 Å². The van der Waals surface area contributed by atoms with Crippen LogP contribution < -0.4 is 0 Å². The fourth-order valence-corrected chi connectivity index (χ4v) is 5.28. The van der Waals surface area contributed by atoms with Gasteiger partial charge in [0.05, 0.1) is 12.3 Å². The second-order valence-corrected chi connectivity index (χ2v) is 9.11. The van der Waals surface area contributed by atoms with E-state index in [2.05, 4.69) is 5.10 Å². The number of ether oxygens (including phenoxy) is 1. The summed E-state index contributed by atoms with van der Waals surface area (Å²) >= 11 is 0. The van der Waals surface area contributed by atoms with Crippen molar-refractivity contribution in [1.29, 1.82) is 0 Å². The molecule has 2 atom stereocenters. The van der Waals surface area contributed by atoms with Crippen molar-refractivity contribution < 1.29 is 45.1 Å². The van der Waals surface area contributed by atoms with Gasteiger partial charge in [0.25, 0.3) is 5.92 Å². The average Bonchev–Trinajstić information content (AvgIpc) is 3.27. The van der Waals surface area contributed by atoms with Crippen LogP contribution in [0.5, 0.6) is 0 Å². The van der Waals surface area contributed by atoms with Crippen molar-refractivity contribution in [2.75, 3.05) is 13.2 Å². The van der Waals surface area contributed by atoms with E-state index < -0.39 is 78.3 Å². The number of fused-ring (bicyclic) bond motifs is 1. The van der Waals surface area contributed by atoms with Crippen LogP contribution in [0.15, 0.2) is 6.07 Å². The van der Waals surface area contributed by atoms with E-state index in [0.29, 0.717) is 0 Å². The van der Waals surface area contributed by atoms with Gasteiger partial charge in [0, 0.05) is 31.8 Å². The Morgan fingerprint density at radius 3 is 2.34 bits per heavy atom. The van der Waals surface area contributed by atoms with Crippen molar-refractivity contribution in [3.63, 3.8) is 0 Å². The lowest BCUT2D eigenvalue weighted by atomic mass is 9.67. The molecule has 13 heteroatoms. The highest BCUT2D eigenvalue weighted by molar-refractivity contribution is 5.88. The summed E-state index contributed by atoms with van der Waals surface area (Å²) in [7, 11) is 0. The van der Waals surface area contributed by atoms with E-state index in [0.717, 1.165) is 10.7 Å². The highest BCUT2D eigenvalue weighted by atomic mass is 19.4. The summed E-state index contributed by atoms with van der Waals surface area (Å²) in [5.74, 6) is -11.5. The van der Waals surface area contributed by atoms with Gasteiger partial charge < -0.3 is 9.64 Å². The molecule has 2 bridgehead atoms. The lowest BCUT2D eigenvalue weighted by Crippen LogP contribution is -2.62. The van der Waals surface area contributed by atoms with Crippen molar-refractivity contribution >= 4 is 11.9 Å². The number of rotatable bonds is 5. The standard InChI is InChI=1S/C19H20F7N3O3/c1-3-32-13(30)11-4-12(27-29(11)9-15(2)7-16(20,21)8-15)17-5-10(18(17,22)23)6-28(17)14(31)19(24,25)26/h4,10H,3,5-9H2,1-2H3. The smallest absolute Gasteiger partial charge is 0.461 e. The largest absolute Gasteiger partial charge is 0.471 e. The molecular weight excluding hydrogens is 451 g/mol. The second kappa shape index (κ2) is 6.60. The van der Waals surface area contributed by atoms with Crippen molar-refractivity contribution in [2.45, 2.75) is 63.2 Å². The quantitative estimate of drug-likeness (QED) is 0.485. The van der Waals surface area contributed by atoms with E-state index in [-0.39, 0.29) is 23.7 Å². The van der Waals surface area contributed by atoms with Crippen molar-refractivity contribution in [1.82, 2.24) is 14.7 Å². The predicted molar refractivity (Wildman–Crippen MR) is 93.0 cm³/mol. The van der Waals surface area contributed by atoms with Crippen LogP contribution in [0.25, 0.3) is 0 Å². The number of esters is 1. The zero-order valence-electron chi connectivity index (χ0n) is 17.1. The number of hydrogen-bond donors (Lipinski definition) is 0. The SMILES string of the molecule is CCOC(=O)c1cc(C23CC(CN2C(=O)C(F)(F)F)C3(F)F)nn1CC1(C)CC(F)(F)C1. The lowest BCUT2D eigenvalue weighted by Gasteiger charge is -2.47. The number of amides is 1. The first-order valence-electron chi connectivity index (χ1n) is 9.96. The van der Waals surface area contributed by atoms with E-state index in [9.17, 15) is 40.3 Å². The Labute approximate surface area is 177 Å². The molecule has 178 valence electrons. The summed E-state index contributed by atoms with van der Waals surface area (Å²) in [5.41, 5.74) is -4.61. The maximum absolute atomic E-state index is 14.9. The fourth-order valence-electron chi connectivity index (χ4n) is 5.28. The van der Waals surface area contributed by atoms with Gasteiger partial charge >= 0.3 is 18.1 Å². The molecule has 1 aromatic heterocycles. The monoisotopic (exact) mass is 471 g/mol. The first-order valence-corrected chi connectivity index (χ1v) is 9.96. The van der Waals surface area contributed by atoms with Crippen molar-refractivity contribution in [3.8, 4) is 0 Å². The third-order valence-corrected chi connectivity index (χ3v) is 6.55. The topological polar surface area (TPSA) is 64.4 Å². The summed E-state index contributed by atoms with van der Waals surface area (Å²) in [6.45, 7) is 1.84. The van der Waals surface area contributed by atoms with Gasteiger partial charge in [-0.3, -0.25) is 9.48 Å². The minimum absolute atomic E-state index is 0.0679. The van der Waals surface area contributed by atoms with E-state index in [4.69, 9.17) is 4.74 Å². The minimum Gasteiger partial charge on any atom is -0.461 e. The Bertz CT molecular complexity index is 966. The molecule has 4 aliphatic rings. The molecular formula is C19H20F7N3O3. The van der Waals surface area contributed by atoms with E-state index >= 15 is 0 Å². The van der Waals surface area contributed by atoms with Crippen LogP contribution in [-0.4, -0.2) is 57.7 Å². The number of carbonyl (C=O) groups excluding carboxylic acids is 2. The molecule has 3 heterocycles. The van der Waals surface area contributed by atoms with Gasteiger partial charge in [-0.25, -0.2) is 22.4 Å². The van der Waals surface area contributed by atoms with Crippen molar-refractivity contribution in [3.05, 3.63) is 17.5 Å². The van der Waals surface area contributed by atoms with E-state index in [1.807, 2.05) is 0 Å². The number of halogens is 7. The zero-order valence-corrected chi connectivity index (χ0v) is 17.1. The van der Waals surface area contributed by atoms with Gasteiger partial charge in [-0.1, -0.05) is 6.92 Å². The van der Waals surface area contributed by atoms with Gasteiger partial charge in [-0.2, -0.15) is 18.3 Å². The molecule has 0 radical (unpaired) electrons. The van der Waals surface area contributed by atoms with Crippen LogP contribution in [0.4, 0.5) is 30.7 Å². The highest BCUT2D eigenvalue weighted by Gasteiger charge is 2.80. The van der Waals surface area contributed by atoms with E-state index in [1.165, 1.54) is 13.8 Å². The van der Waals surface area contributed by atoms with Gasteiger partial charge in [-0.05, 0) is 24.8 Å². The summed E-state index contributed by atoms with van der Waals surface area (Å²) < 4.78 is 102. The molecule has 6 nitrogen and oxygen atoms in total. The Morgan fingerprint density at radius 1 is 1.22 bits per heavy atom. The summed E-state index contributed by atoms with van der Waals surface area (Å²) in [5, 5.41) is 3.96. The molecule has 2 saturated heterocycles. The second-order valence-electron chi connectivity index (χ2n) is 9.11. The average molecular weight is 471 g/mol. The van der Waals surface area contributed by atoms with Crippen LogP contribution in [0, 0.1) is 11.3 Å². The minimum atomic E-state index is -5.38. The number of nitrogens with zero attached hydrogens (tertiary/aromatic N) is 3. The Kier molecular flexibility index (Phi) is 4.71. The maximum atomic E-state index is 14.9. The van der Waals surface area contributed by atoms with Crippen LogP contribution in [0.2, 0.25) is 0 Å². The molecule has 5 rings (SSSR count). The summed E-state index contributed by atoms with van der Waals surface area (Å²) in [4.78, 5) is 24.4. The molecule has 1 amide bonds. The first-order chi connectivity index (χ1) is 14.6. The van der Waals surface area contributed by atoms with Gasteiger partial charge in [0.15, 0.2) is 5.54 Å². The van der Waals surface area contributed by atoms with Gasteiger partial charge in [0.2, 0.25) is 5.92 Å².